The topological polar surface area (TPSA) is 66.6 Å². The molecule has 1 aliphatic heterocycles. The largest absolute Gasteiger partial charge is 0.342 e. The number of hydrogen-bond donors (Lipinski definition) is 1. The smallest absolute Gasteiger partial charge is 0.225 e. The molecule has 1 unspecified atom stereocenters. The first-order valence-electron chi connectivity index (χ1n) is 9.69. The minimum absolute atomic E-state index is 0.0000535. The highest BCUT2D eigenvalue weighted by Gasteiger charge is 2.36. The van der Waals surface area contributed by atoms with Crippen molar-refractivity contribution in [2.24, 2.45) is 11.7 Å². The van der Waals surface area contributed by atoms with Gasteiger partial charge in [0, 0.05) is 50.6 Å². The Morgan fingerprint density at radius 1 is 1.11 bits per heavy atom. The molecular formula is C20H26F3N3O2. The summed E-state index contributed by atoms with van der Waals surface area (Å²) in [6.45, 7) is 1.08. The lowest BCUT2D eigenvalue weighted by Gasteiger charge is -2.37. The van der Waals surface area contributed by atoms with Gasteiger partial charge in [-0.15, -0.1) is 0 Å². The van der Waals surface area contributed by atoms with E-state index in [9.17, 15) is 22.8 Å². The van der Waals surface area contributed by atoms with Crippen molar-refractivity contribution in [1.29, 1.82) is 0 Å². The van der Waals surface area contributed by atoms with Gasteiger partial charge in [0.1, 0.15) is 5.82 Å². The van der Waals surface area contributed by atoms with Crippen LogP contribution < -0.4 is 5.73 Å². The third-order valence-corrected chi connectivity index (χ3v) is 5.65. The van der Waals surface area contributed by atoms with E-state index in [0.29, 0.717) is 32.0 Å². The SMILES string of the molecule is CN(C(=O)C1CC1)C1CCN(C(=O)CC(N)Cc2cc(F)c(F)cc2F)CC1. The van der Waals surface area contributed by atoms with Gasteiger partial charge < -0.3 is 15.5 Å². The molecule has 2 aliphatic rings. The zero-order valence-electron chi connectivity index (χ0n) is 16.0. The van der Waals surface area contributed by atoms with Crippen LogP contribution in [-0.4, -0.2) is 53.8 Å². The minimum Gasteiger partial charge on any atom is -0.342 e. The van der Waals surface area contributed by atoms with Gasteiger partial charge in [-0.3, -0.25) is 9.59 Å². The molecule has 1 aliphatic carbocycles. The lowest BCUT2D eigenvalue weighted by molar-refractivity contribution is -0.136. The molecule has 1 heterocycles. The molecule has 1 aromatic rings. The van der Waals surface area contributed by atoms with Crippen LogP contribution in [0, 0.1) is 23.4 Å². The molecule has 0 aromatic heterocycles. The number of amides is 2. The number of halogens is 3. The first-order valence-corrected chi connectivity index (χ1v) is 9.69. The number of piperidine rings is 1. The van der Waals surface area contributed by atoms with Crippen LogP contribution in [0.1, 0.15) is 37.7 Å². The second-order valence-electron chi connectivity index (χ2n) is 7.86. The average molecular weight is 397 g/mol. The minimum atomic E-state index is -1.25. The average Bonchev–Trinajstić information content (AvgIpc) is 3.50. The van der Waals surface area contributed by atoms with Gasteiger partial charge in [0.05, 0.1) is 0 Å². The Hall–Kier alpha value is -2.09. The Morgan fingerprint density at radius 2 is 1.71 bits per heavy atom. The summed E-state index contributed by atoms with van der Waals surface area (Å²) in [5.74, 6) is -3.03. The van der Waals surface area contributed by atoms with Crippen molar-refractivity contribution in [3.05, 3.63) is 35.1 Å². The molecule has 3 rings (SSSR count). The Labute approximate surface area is 162 Å². The molecule has 0 radical (unpaired) electrons. The molecule has 0 bridgehead atoms. The second-order valence-corrected chi connectivity index (χ2v) is 7.86. The normalized spacial score (nSPS) is 18.8. The fourth-order valence-corrected chi connectivity index (χ4v) is 3.73. The highest BCUT2D eigenvalue weighted by atomic mass is 19.2. The van der Waals surface area contributed by atoms with Crippen LogP contribution in [0.25, 0.3) is 0 Å². The van der Waals surface area contributed by atoms with Gasteiger partial charge in [0.15, 0.2) is 11.6 Å². The van der Waals surface area contributed by atoms with Crippen molar-refractivity contribution < 1.29 is 22.8 Å². The highest BCUT2D eigenvalue weighted by Crippen LogP contribution is 2.32. The summed E-state index contributed by atoms with van der Waals surface area (Å²) in [6.07, 6.45) is 3.32. The molecular weight excluding hydrogens is 371 g/mol. The van der Waals surface area contributed by atoms with Crippen LogP contribution in [0.3, 0.4) is 0 Å². The van der Waals surface area contributed by atoms with E-state index in [1.54, 1.807) is 4.90 Å². The van der Waals surface area contributed by atoms with Gasteiger partial charge in [0.2, 0.25) is 11.8 Å². The predicted molar refractivity (Wildman–Crippen MR) is 97.7 cm³/mol. The molecule has 1 aromatic carbocycles. The fourth-order valence-electron chi connectivity index (χ4n) is 3.73. The van der Waals surface area contributed by atoms with E-state index < -0.39 is 23.5 Å². The molecule has 1 saturated carbocycles. The molecule has 2 amide bonds. The van der Waals surface area contributed by atoms with Crippen LogP contribution in [-0.2, 0) is 16.0 Å². The van der Waals surface area contributed by atoms with E-state index in [2.05, 4.69) is 0 Å². The molecule has 8 heteroatoms. The fraction of sp³-hybridized carbons (Fsp3) is 0.600. The monoisotopic (exact) mass is 397 g/mol. The number of rotatable bonds is 6. The van der Waals surface area contributed by atoms with E-state index in [4.69, 9.17) is 5.73 Å². The van der Waals surface area contributed by atoms with E-state index in [0.717, 1.165) is 18.9 Å². The van der Waals surface area contributed by atoms with Gasteiger partial charge in [-0.05, 0) is 43.7 Å². The predicted octanol–water partition coefficient (Wildman–Crippen LogP) is 2.22. The van der Waals surface area contributed by atoms with Crippen LogP contribution >= 0.6 is 0 Å². The Balaban J connectivity index is 1.47. The van der Waals surface area contributed by atoms with Gasteiger partial charge in [-0.1, -0.05) is 0 Å². The van der Waals surface area contributed by atoms with Gasteiger partial charge in [-0.25, -0.2) is 13.2 Å². The van der Waals surface area contributed by atoms with Gasteiger partial charge in [0.25, 0.3) is 0 Å². The van der Waals surface area contributed by atoms with E-state index in [1.807, 2.05) is 11.9 Å². The Morgan fingerprint density at radius 3 is 2.32 bits per heavy atom. The number of carbonyl (C=O) groups is 2. The summed E-state index contributed by atoms with van der Waals surface area (Å²) < 4.78 is 40.0. The first kappa shape index (κ1) is 20.6. The molecule has 154 valence electrons. The van der Waals surface area contributed by atoms with E-state index in [1.165, 1.54) is 0 Å². The highest BCUT2D eigenvalue weighted by molar-refractivity contribution is 5.81. The van der Waals surface area contributed by atoms with Gasteiger partial charge in [-0.2, -0.15) is 0 Å². The molecule has 0 spiro atoms. The number of carbonyl (C=O) groups excluding carboxylic acids is 2. The van der Waals surface area contributed by atoms with Crippen LogP contribution in [0.5, 0.6) is 0 Å². The third-order valence-electron chi connectivity index (χ3n) is 5.65. The van der Waals surface area contributed by atoms with Crippen molar-refractivity contribution in [2.45, 2.75) is 50.6 Å². The van der Waals surface area contributed by atoms with E-state index in [-0.39, 0.29) is 42.2 Å². The number of nitrogens with zero attached hydrogens (tertiary/aromatic N) is 2. The lowest BCUT2D eigenvalue weighted by atomic mass is 10.00. The van der Waals surface area contributed by atoms with Crippen LogP contribution in [0.2, 0.25) is 0 Å². The van der Waals surface area contributed by atoms with Gasteiger partial charge >= 0.3 is 0 Å². The molecule has 28 heavy (non-hydrogen) atoms. The third kappa shape index (κ3) is 4.84. The molecule has 5 nitrogen and oxygen atoms in total. The Bertz CT molecular complexity index is 746. The van der Waals surface area contributed by atoms with E-state index >= 15 is 0 Å². The summed E-state index contributed by atoms with van der Waals surface area (Å²) in [4.78, 5) is 28.1. The summed E-state index contributed by atoms with van der Waals surface area (Å²) in [5.41, 5.74) is 5.90. The summed E-state index contributed by atoms with van der Waals surface area (Å²) >= 11 is 0. The van der Waals surface area contributed by atoms with Crippen LogP contribution in [0.15, 0.2) is 12.1 Å². The summed E-state index contributed by atoms with van der Waals surface area (Å²) in [7, 11) is 1.83. The van der Waals surface area contributed by atoms with Crippen molar-refractivity contribution in [1.82, 2.24) is 9.80 Å². The van der Waals surface area contributed by atoms with Crippen molar-refractivity contribution in [3.63, 3.8) is 0 Å². The molecule has 1 atom stereocenters. The lowest BCUT2D eigenvalue weighted by Crippen LogP contribution is -2.48. The maximum Gasteiger partial charge on any atom is 0.225 e. The van der Waals surface area contributed by atoms with Crippen molar-refractivity contribution >= 4 is 11.8 Å². The van der Waals surface area contributed by atoms with Crippen molar-refractivity contribution in [2.75, 3.05) is 20.1 Å². The number of benzene rings is 1. The zero-order chi connectivity index (χ0) is 20.4. The van der Waals surface area contributed by atoms with Crippen LogP contribution in [0.4, 0.5) is 13.2 Å². The summed E-state index contributed by atoms with van der Waals surface area (Å²) in [6, 6.07) is 0.724. The first-order chi connectivity index (χ1) is 13.3. The van der Waals surface area contributed by atoms with Crippen molar-refractivity contribution in [3.8, 4) is 0 Å². The number of hydrogen-bond acceptors (Lipinski definition) is 3. The molecule has 2 fully saturated rings. The number of nitrogens with two attached hydrogens (primary N) is 1. The summed E-state index contributed by atoms with van der Waals surface area (Å²) in [5, 5.41) is 0. The second kappa shape index (κ2) is 8.51. The number of likely N-dealkylation sites (tertiary alicyclic amines) is 1. The maximum atomic E-state index is 13.7. The standard InChI is InChI=1S/C20H26F3N3O2/c1-25(20(28)12-2-3-12)15-4-6-26(7-5-15)19(27)10-14(24)8-13-9-17(22)18(23)11-16(13)21/h9,11-12,14-15H,2-8,10,24H2,1H3. The molecule has 1 saturated heterocycles. The maximum absolute atomic E-state index is 13.7. The quantitative estimate of drug-likeness (QED) is 0.749. The zero-order valence-corrected chi connectivity index (χ0v) is 16.0. The Kier molecular flexibility index (Phi) is 6.27. The molecule has 2 N–H and O–H groups in total.